The molecule has 0 spiro atoms. The Morgan fingerprint density at radius 2 is 2.00 bits per heavy atom. The van der Waals surface area contributed by atoms with E-state index in [9.17, 15) is 4.79 Å². The number of amides is 1. The Bertz CT molecular complexity index is 448. The summed E-state index contributed by atoms with van der Waals surface area (Å²) in [4.78, 5) is 14.2. The van der Waals surface area contributed by atoms with Gasteiger partial charge in [0.05, 0.1) is 13.0 Å². The van der Waals surface area contributed by atoms with Crippen LogP contribution < -0.4 is 4.74 Å². The van der Waals surface area contributed by atoms with Gasteiger partial charge in [-0.25, -0.2) is 0 Å². The Morgan fingerprint density at radius 1 is 1.30 bits per heavy atom. The van der Waals surface area contributed by atoms with E-state index in [-0.39, 0.29) is 5.91 Å². The fourth-order valence-corrected chi connectivity index (χ4v) is 2.99. The van der Waals surface area contributed by atoms with Crippen molar-refractivity contribution in [2.24, 2.45) is 11.8 Å². The summed E-state index contributed by atoms with van der Waals surface area (Å²) in [7, 11) is 0. The maximum Gasteiger partial charge on any atom is 0.226 e. The minimum absolute atomic E-state index is 0.219. The van der Waals surface area contributed by atoms with Crippen molar-refractivity contribution in [3.63, 3.8) is 0 Å². The van der Waals surface area contributed by atoms with Crippen LogP contribution in [0.25, 0.3) is 0 Å². The van der Waals surface area contributed by atoms with Gasteiger partial charge in [0.1, 0.15) is 5.75 Å². The summed E-state index contributed by atoms with van der Waals surface area (Å²) in [5.41, 5.74) is 1.17. The average molecular weight is 275 g/mol. The number of ether oxygens (including phenoxy) is 1. The molecule has 0 N–H and O–H groups in total. The van der Waals surface area contributed by atoms with Crippen molar-refractivity contribution in [3.8, 4) is 5.75 Å². The SMILES string of the molecule is Cc1cccc(OCCC(=O)N2CC(C)CC(C)C2)c1. The van der Waals surface area contributed by atoms with Crippen LogP contribution in [-0.4, -0.2) is 30.5 Å². The molecule has 20 heavy (non-hydrogen) atoms. The van der Waals surface area contributed by atoms with Crippen LogP contribution in [0.15, 0.2) is 24.3 Å². The van der Waals surface area contributed by atoms with Gasteiger partial charge in [0.15, 0.2) is 0 Å². The second kappa shape index (κ2) is 6.78. The number of likely N-dealkylation sites (tertiary alicyclic amines) is 1. The topological polar surface area (TPSA) is 29.5 Å². The van der Waals surface area contributed by atoms with Crippen LogP contribution in [0.4, 0.5) is 0 Å². The highest BCUT2D eigenvalue weighted by Gasteiger charge is 2.24. The third-order valence-electron chi connectivity index (χ3n) is 3.80. The fraction of sp³-hybridized carbons (Fsp3) is 0.588. The van der Waals surface area contributed by atoms with Crippen molar-refractivity contribution in [3.05, 3.63) is 29.8 Å². The van der Waals surface area contributed by atoms with Crippen LogP contribution in [0.3, 0.4) is 0 Å². The molecule has 2 atom stereocenters. The molecule has 1 aliphatic heterocycles. The van der Waals surface area contributed by atoms with Gasteiger partial charge in [-0.15, -0.1) is 0 Å². The maximum atomic E-state index is 12.2. The molecule has 3 heteroatoms. The first-order chi connectivity index (χ1) is 9.54. The van der Waals surface area contributed by atoms with Gasteiger partial charge in [0.2, 0.25) is 5.91 Å². The van der Waals surface area contributed by atoms with Crippen molar-refractivity contribution in [1.29, 1.82) is 0 Å². The Morgan fingerprint density at radius 3 is 2.65 bits per heavy atom. The number of carbonyl (C=O) groups is 1. The van der Waals surface area contributed by atoms with E-state index in [1.807, 2.05) is 36.1 Å². The molecule has 1 amide bonds. The van der Waals surface area contributed by atoms with Crippen molar-refractivity contribution < 1.29 is 9.53 Å². The van der Waals surface area contributed by atoms with E-state index in [1.165, 1.54) is 12.0 Å². The number of benzene rings is 1. The molecule has 1 heterocycles. The first-order valence-electron chi connectivity index (χ1n) is 7.52. The molecular formula is C17H25NO2. The van der Waals surface area contributed by atoms with E-state index < -0.39 is 0 Å². The number of piperidine rings is 1. The van der Waals surface area contributed by atoms with Crippen molar-refractivity contribution in [2.75, 3.05) is 19.7 Å². The highest BCUT2D eigenvalue weighted by atomic mass is 16.5. The van der Waals surface area contributed by atoms with Crippen LogP contribution >= 0.6 is 0 Å². The lowest BCUT2D eigenvalue weighted by Crippen LogP contribution is -2.42. The van der Waals surface area contributed by atoms with Crippen LogP contribution in [0.5, 0.6) is 5.75 Å². The lowest BCUT2D eigenvalue weighted by Gasteiger charge is -2.35. The van der Waals surface area contributed by atoms with E-state index in [4.69, 9.17) is 4.74 Å². The number of carbonyl (C=O) groups excluding carboxylic acids is 1. The van der Waals surface area contributed by atoms with Crippen LogP contribution in [-0.2, 0) is 4.79 Å². The molecule has 3 nitrogen and oxygen atoms in total. The molecule has 0 radical (unpaired) electrons. The highest BCUT2D eigenvalue weighted by Crippen LogP contribution is 2.21. The Hall–Kier alpha value is -1.51. The Balaban J connectivity index is 1.77. The third kappa shape index (κ3) is 4.26. The molecule has 2 unspecified atom stereocenters. The zero-order chi connectivity index (χ0) is 14.5. The molecule has 2 rings (SSSR count). The molecule has 1 aliphatic rings. The Labute approximate surface area is 121 Å². The monoisotopic (exact) mass is 275 g/mol. The quantitative estimate of drug-likeness (QED) is 0.844. The Kier molecular flexibility index (Phi) is 5.05. The van der Waals surface area contributed by atoms with Crippen molar-refractivity contribution in [2.45, 2.75) is 33.6 Å². The number of rotatable bonds is 4. The van der Waals surface area contributed by atoms with Gasteiger partial charge in [-0.1, -0.05) is 26.0 Å². The number of hydrogen-bond acceptors (Lipinski definition) is 2. The van der Waals surface area contributed by atoms with E-state index in [1.54, 1.807) is 0 Å². The van der Waals surface area contributed by atoms with Gasteiger partial charge in [0, 0.05) is 13.1 Å². The van der Waals surface area contributed by atoms with Gasteiger partial charge >= 0.3 is 0 Å². The summed E-state index contributed by atoms with van der Waals surface area (Å²) in [5.74, 6) is 2.29. The molecule has 0 aliphatic carbocycles. The largest absolute Gasteiger partial charge is 0.493 e. The summed E-state index contributed by atoms with van der Waals surface area (Å²) < 4.78 is 5.65. The second-order valence-corrected chi connectivity index (χ2v) is 6.16. The summed E-state index contributed by atoms with van der Waals surface area (Å²) in [6.07, 6.45) is 1.69. The molecule has 1 aromatic carbocycles. The molecule has 1 saturated heterocycles. The third-order valence-corrected chi connectivity index (χ3v) is 3.80. The van der Waals surface area contributed by atoms with Gasteiger partial charge in [0.25, 0.3) is 0 Å². The molecule has 0 saturated carbocycles. The summed E-state index contributed by atoms with van der Waals surface area (Å²) in [6, 6.07) is 7.94. The fourth-order valence-electron chi connectivity index (χ4n) is 2.99. The van der Waals surface area contributed by atoms with Crippen molar-refractivity contribution in [1.82, 2.24) is 4.90 Å². The predicted molar refractivity (Wildman–Crippen MR) is 80.8 cm³/mol. The van der Waals surface area contributed by atoms with Crippen LogP contribution in [0.1, 0.15) is 32.3 Å². The van der Waals surface area contributed by atoms with E-state index in [0.717, 1.165) is 18.8 Å². The normalized spacial score (nSPS) is 22.6. The van der Waals surface area contributed by atoms with E-state index in [0.29, 0.717) is 24.9 Å². The molecule has 1 aromatic rings. The molecule has 0 aromatic heterocycles. The smallest absolute Gasteiger partial charge is 0.226 e. The summed E-state index contributed by atoms with van der Waals surface area (Å²) in [5, 5.41) is 0. The second-order valence-electron chi connectivity index (χ2n) is 6.16. The minimum Gasteiger partial charge on any atom is -0.493 e. The van der Waals surface area contributed by atoms with E-state index >= 15 is 0 Å². The summed E-state index contributed by atoms with van der Waals surface area (Å²) >= 11 is 0. The standard InChI is InChI=1S/C17H25NO2/c1-13-5-4-6-16(10-13)20-8-7-17(19)18-11-14(2)9-15(3)12-18/h4-6,10,14-15H,7-9,11-12H2,1-3H3. The maximum absolute atomic E-state index is 12.2. The average Bonchev–Trinajstić information content (AvgIpc) is 2.37. The van der Waals surface area contributed by atoms with Gasteiger partial charge < -0.3 is 9.64 Å². The van der Waals surface area contributed by atoms with Gasteiger partial charge in [-0.2, -0.15) is 0 Å². The highest BCUT2D eigenvalue weighted by molar-refractivity contribution is 5.76. The number of nitrogens with zero attached hydrogens (tertiary/aromatic N) is 1. The van der Waals surface area contributed by atoms with E-state index in [2.05, 4.69) is 13.8 Å². The molecule has 1 fully saturated rings. The minimum atomic E-state index is 0.219. The summed E-state index contributed by atoms with van der Waals surface area (Å²) in [6.45, 7) is 8.73. The zero-order valence-electron chi connectivity index (χ0n) is 12.8. The molecular weight excluding hydrogens is 250 g/mol. The first-order valence-corrected chi connectivity index (χ1v) is 7.52. The number of hydrogen-bond donors (Lipinski definition) is 0. The first kappa shape index (κ1) is 14.9. The zero-order valence-corrected chi connectivity index (χ0v) is 12.8. The van der Waals surface area contributed by atoms with Crippen LogP contribution in [0.2, 0.25) is 0 Å². The van der Waals surface area contributed by atoms with Crippen molar-refractivity contribution >= 4 is 5.91 Å². The predicted octanol–water partition coefficient (Wildman–Crippen LogP) is 3.27. The lowest BCUT2D eigenvalue weighted by atomic mass is 9.92. The van der Waals surface area contributed by atoms with Crippen LogP contribution in [0, 0.1) is 18.8 Å². The number of aryl methyl sites for hydroxylation is 1. The van der Waals surface area contributed by atoms with Gasteiger partial charge in [-0.3, -0.25) is 4.79 Å². The molecule has 0 bridgehead atoms. The molecule has 110 valence electrons. The van der Waals surface area contributed by atoms with Gasteiger partial charge in [-0.05, 0) is 42.9 Å². The lowest BCUT2D eigenvalue weighted by molar-refractivity contribution is -0.134.